The smallest absolute Gasteiger partial charge is 0.152 e. The molecule has 0 bridgehead atoms. The van der Waals surface area contributed by atoms with Crippen LogP contribution in [0, 0.1) is 0 Å². The Morgan fingerprint density at radius 2 is 0.875 bits per heavy atom. The van der Waals surface area contributed by atoms with Crippen molar-refractivity contribution in [1.29, 1.82) is 0 Å². The van der Waals surface area contributed by atoms with Crippen molar-refractivity contribution in [1.82, 2.24) is 4.98 Å². The first-order chi connectivity index (χ1) is 23.8. The van der Waals surface area contributed by atoms with E-state index < -0.39 is 0 Å². The molecule has 0 saturated heterocycles. The van der Waals surface area contributed by atoms with E-state index in [1.54, 1.807) is 0 Å². The third kappa shape index (κ3) is 5.93. The summed E-state index contributed by atoms with van der Waals surface area (Å²) in [6, 6.07) is 60.9. The van der Waals surface area contributed by atoms with Crippen LogP contribution in [0.1, 0.15) is 33.4 Å². The number of pyridine rings is 1. The normalized spacial score (nSPS) is 12.5. The number of rotatable bonds is 7. The van der Waals surface area contributed by atoms with Crippen molar-refractivity contribution in [2.24, 2.45) is 0 Å². The highest BCUT2D eigenvalue weighted by atomic mass is 16.5. The van der Waals surface area contributed by atoms with Crippen molar-refractivity contribution < 1.29 is 4.74 Å². The maximum absolute atomic E-state index is 6.86. The van der Waals surface area contributed by atoms with Crippen molar-refractivity contribution >= 4 is 40.5 Å². The van der Waals surface area contributed by atoms with Gasteiger partial charge in [0.25, 0.3) is 0 Å². The summed E-state index contributed by atoms with van der Waals surface area (Å²) in [6.45, 7) is 0. The van der Waals surface area contributed by atoms with E-state index in [-0.39, 0.29) is 0 Å². The van der Waals surface area contributed by atoms with Crippen LogP contribution >= 0.6 is 0 Å². The number of aromatic nitrogens is 1. The van der Waals surface area contributed by atoms with E-state index in [1.807, 2.05) is 36.5 Å². The number of ether oxygens (including phenoxy) is 1. The number of benzene rings is 6. The van der Waals surface area contributed by atoms with Crippen molar-refractivity contribution in [2.75, 3.05) is 4.90 Å². The minimum atomic E-state index is 0.769. The van der Waals surface area contributed by atoms with E-state index in [0.29, 0.717) is 0 Å². The Labute approximate surface area is 281 Å². The molecule has 8 rings (SSSR count). The monoisotopic (exact) mass is 616 g/mol. The standard InChI is InChI=1S/C45H32N2O/c1-5-15-33(16-6-1)29-39(35-19-9-3-10-20-35)37-24-26-41-43(31-37)48-44-32-38(25-27-42(44)47(41)45-23-13-14-28-46-45)40(36-21-11-4-12-22-36)30-34-17-7-2-8-18-34/h1-32H/b39-29-,40-30-. The Morgan fingerprint density at radius 1 is 0.438 bits per heavy atom. The SMILES string of the molecule is C(=C(\c1ccccc1)c1ccc2c(c1)Oc1cc(/C(=C\c3ccccc3)c3ccccc3)ccc1N2c1ccccn1)/c1ccccc1. The van der Waals surface area contributed by atoms with Crippen LogP contribution in [-0.4, -0.2) is 4.98 Å². The summed E-state index contributed by atoms with van der Waals surface area (Å²) in [7, 11) is 0. The second kappa shape index (κ2) is 13.1. The highest BCUT2D eigenvalue weighted by Gasteiger charge is 2.28. The molecule has 2 heterocycles. The molecule has 48 heavy (non-hydrogen) atoms. The highest BCUT2D eigenvalue weighted by molar-refractivity contribution is 5.96. The van der Waals surface area contributed by atoms with Gasteiger partial charge in [-0.1, -0.05) is 140 Å². The summed E-state index contributed by atoms with van der Waals surface area (Å²) >= 11 is 0. The number of hydrogen-bond acceptors (Lipinski definition) is 3. The Morgan fingerprint density at radius 3 is 1.31 bits per heavy atom. The van der Waals surface area contributed by atoms with Crippen LogP contribution < -0.4 is 9.64 Å². The molecule has 3 nitrogen and oxygen atoms in total. The topological polar surface area (TPSA) is 25.4 Å². The summed E-state index contributed by atoms with van der Waals surface area (Å²) in [4.78, 5) is 6.96. The van der Waals surface area contributed by atoms with Crippen molar-refractivity contribution in [3.8, 4) is 11.5 Å². The number of fused-ring (bicyclic) bond motifs is 2. The average Bonchev–Trinajstić information content (AvgIpc) is 3.16. The lowest BCUT2D eigenvalue weighted by Crippen LogP contribution is -2.17. The first-order valence-electron chi connectivity index (χ1n) is 16.1. The summed E-state index contributed by atoms with van der Waals surface area (Å²) in [5.74, 6) is 2.37. The lowest BCUT2D eigenvalue weighted by molar-refractivity contribution is 0.476. The van der Waals surface area contributed by atoms with Gasteiger partial charge in [0.05, 0.1) is 11.4 Å². The fourth-order valence-electron chi connectivity index (χ4n) is 6.21. The van der Waals surface area contributed by atoms with Crippen LogP contribution in [0.3, 0.4) is 0 Å². The maximum atomic E-state index is 6.86. The van der Waals surface area contributed by atoms with Crippen LogP contribution in [0.4, 0.5) is 17.2 Å². The zero-order valence-electron chi connectivity index (χ0n) is 26.3. The van der Waals surface area contributed by atoms with Crippen molar-refractivity contribution in [2.45, 2.75) is 0 Å². The third-order valence-corrected chi connectivity index (χ3v) is 8.51. The van der Waals surface area contributed by atoms with Crippen molar-refractivity contribution in [3.63, 3.8) is 0 Å². The largest absolute Gasteiger partial charge is 0.453 e. The van der Waals surface area contributed by atoms with Crippen LogP contribution in [0.25, 0.3) is 23.3 Å². The number of hydrogen-bond donors (Lipinski definition) is 0. The molecular formula is C45H32N2O. The highest BCUT2D eigenvalue weighted by Crippen LogP contribution is 2.51. The van der Waals surface area contributed by atoms with Gasteiger partial charge in [0.2, 0.25) is 0 Å². The Kier molecular flexibility index (Phi) is 7.92. The molecule has 0 aliphatic carbocycles. The molecule has 7 aromatic rings. The lowest BCUT2D eigenvalue weighted by Gasteiger charge is -2.33. The Hall–Kier alpha value is -6.45. The third-order valence-electron chi connectivity index (χ3n) is 8.51. The molecule has 6 aromatic carbocycles. The molecule has 0 atom stereocenters. The predicted octanol–water partition coefficient (Wildman–Crippen LogP) is 11.8. The van der Waals surface area contributed by atoms with E-state index in [2.05, 4.69) is 163 Å². The van der Waals surface area contributed by atoms with E-state index in [9.17, 15) is 0 Å². The summed E-state index contributed by atoms with van der Waals surface area (Å²) in [6.07, 6.45) is 6.31. The van der Waals surface area contributed by atoms with Gasteiger partial charge < -0.3 is 4.74 Å². The van der Waals surface area contributed by atoms with Crippen LogP contribution in [0.5, 0.6) is 11.5 Å². The quantitative estimate of drug-likeness (QED) is 0.167. The molecule has 1 aromatic heterocycles. The zero-order valence-corrected chi connectivity index (χ0v) is 26.3. The van der Waals surface area contributed by atoms with E-state index >= 15 is 0 Å². The Bertz CT molecular complexity index is 2090. The van der Waals surface area contributed by atoms with Crippen LogP contribution in [0.15, 0.2) is 182 Å². The molecule has 228 valence electrons. The molecule has 0 fully saturated rings. The van der Waals surface area contributed by atoms with Gasteiger partial charge in [-0.05, 0) is 93.1 Å². The first kappa shape index (κ1) is 29.0. The predicted molar refractivity (Wildman–Crippen MR) is 199 cm³/mol. The fraction of sp³-hybridized carbons (Fsp3) is 0. The average molecular weight is 617 g/mol. The van der Waals surface area contributed by atoms with Crippen molar-refractivity contribution in [3.05, 3.63) is 216 Å². The van der Waals surface area contributed by atoms with Gasteiger partial charge in [-0.2, -0.15) is 0 Å². The molecule has 0 amide bonds. The molecule has 3 heteroatoms. The maximum Gasteiger partial charge on any atom is 0.152 e. The van der Waals surface area contributed by atoms with Gasteiger partial charge in [-0.25, -0.2) is 4.98 Å². The van der Waals surface area contributed by atoms with Gasteiger partial charge in [-0.3, -0.25) is 4.90 Å². The van der Waals surface area contributed by atoms with E-state index in [1.165, 1.54) is 0 Å². The van der Waals surface area contributed by atoms with E-state index in [0.717, 1.165) is 73.2 Å². The molecule has 1 aliphatic rings. The molecule has 0 unspecified atom stereocenters. The summed E-state index contributed by atoms with van der Waals surface area (Å²) in [5.41, 5.74) is 10.8. The van der Waals surface area contributed by atoms with Gasteiger partial charge in [0, 0.05) is 6.20 Å². The van der Waals surface area contributed by atoms with Gasteiger partial charge in [0.15, 0.2) is 11.5 Å². The number of anilines is 3. The number of nitrogens with zero attached hydrogens (tertiary/aromatic N) is 2. The zero-order chi connectivity index (χ0) is 32.1. The summed E-state index contributed by atoms with van der Waals surface area (Å²) in [5, 5.41) is 0. The van der Waals surface area contributed by atoms with Gasteiger partial charge >= 0.3 is 0 Å². The van der Waals surface area contributed by atoms with Gasteiger partial charge in [-0.15, -0.1) is 0 Å². The summed E-state index contributed by atoms with van der Waals surface area (Å²) < 4.78 is 6.86. The fourth-order valence-corrected chi connectivity index (χ4v) is 6.21. The molecular weight excluding hydrogens is 585 g/mol. The Balaban J connectivity index is 1.28. The van der Waals surface area contributed by atoms with Gasteiger partial charge in [0.1, 0.15) is 5.82 Å². The molecule has 0 N–H and O–H groups in total. The second-order valence-electron chi connectivity index (χ2n) is 11.7. The molecule has 0 spiro atoms. The minimum absolute atomic E-state index is 0.769. The minimum Gasteiger partial charge on any atom is -0.453 e. The first-order valence-corrected chi connectivity index (χ1v) is 16.1. The lowest BCUT2D eigenvalue weighted by atomic mass is 9.94. The molecule has 0 saturated carbocycles. The van der Waals surface area contributed by atoms with Crippen LogP contribution in [0.2, 0.25) is 0 Å². The van der Waals surface area contributed by atoms with E-state index in [4.69, 9.17) is 9.72 Å². The van der Waals surface area contributed by atoms with Crippen LogP contribution in [-0.2, 0) is 0 Å². The molecule has 1 aliphatic heterocycles. The molecule has 0 radical (unpaired) electrons. The second-order valence-corrected chi connectivity index (χ2v) is 11.7.